The third-order valence-corrected chi connectivity index (χ3v) is 12.8. The number of H-pyrrole nitrogens is 2. The molecule has 0 fully saturated rings. The number of nitrogens with zero attached hydrogens (tertiary/aromatic N) is 2. The Bertz CT molecular complexity index is 3150. The molecule has 8 aromatic rings. The Morgan fingerprint density at radius 2 is 0.500 bits per heavy atom. The van der Waals surface area contributed by atoms with E-state index >= 15 is 0 Å². The number of aromatic amines is 2. The molecule has 344 valence electrons. The van der Waals surface area contributed by atoms with Crippen LogP contribution >= 0.6 is 0 Å². The van der Waals surface area contributed by atoms with Crippen molar-refractivity contribution >= 4 is 46.4 Å². The second kappa shape index (κ2) is 17.6. The summed E-state index contributed by atoms with van der Waals surface area (Å²) in [4.78, 5) is 18.8. The Balaban J connectivity index is 1.23. The summed E-state index contributed by atoms with van der Waals surface area (Å²) in [6.07, 6.45) is 8.29. The van der Waals surface area contributed by atoms with Gasteiger partial charge >= 0.3 is 0 Å². The molecule has 3 aromatic heterocycles. The third-order valence-electron chi connectivity index (χ3n) is 12.8. The van der Waals surface area contributed by atoms with Crippen molar-refractivity contribution in [1.29, 1.82) is 0 Å². The van der Waals surface area contributed by atoms with Gasteiger partial charge in [-0.25, -0.2) is 9.97 Å². The van der Waals surface area contributed by atoms with Gasteiger partial charge in [-0.1, -0.05) is 72.8 Å². The normalized spacial score (nSPS) is 14.6. The van der Waals surface area contributed by atoms with E-state index in [2.05, 4.69) is 82.8 Å². The highest BCUT2D eigenvalue weighted by molar-refractivity contribution is 6.01. The van der Waals surface area contributed by atoms with E-state index in [-0.39, 0.29) is 52.9 Å². The van der Waals surface area contributed by atoms with Gasteiger partial charge in [0.05, 0.1) is 22.8 Å². The number of nitrogens with one attached hydrogen (secondary N) is 2. The standard InChI is InChI=1S/C58H44N4O8/c1-5-13-47-35(9-1)55-39-17-18-40(59-39)56-36-10-2-6-14-48(36)64-26-30-68-52-34-54-53(33-51(52)67-29-25-63-47)69-31-27-65-49-15-7-3-11-37(49)57(44-22-21-43(55)61-44)41-19-20-42(60-41)58(46-24-23-45(56)62-46)38-12-4-8-16-50(38)66-28-32-70-54/h1-24,33-34,61-62H,25-32H2. The van der Waals surface area contributed by atoms with Crippen LogP contribution in [0.2, 0.25) is 0 Å². The Morgan fingerprint density at radius 1 is 0.271 bits per heavy atom. The van der Waals surface area contributed by atoms with Crippen molar-refractivity contribution < 1.29 is 37.9 Å². The molecule has 12 heteroatoms. The Hall–Kier alpha value is -8.90. The van der Waals surface area contributed by atoms with Crippen LogP contribution in [-0.2, 0) is 0 Å². The summed E-state index contributed by atoms with van der Waals surface area (Å²) in [5.74, 6) is 4.43. The summed E-state index contributed by atoms with van der Waals surface area (Å²) in [6.45, 7) is 1.59. The molecule has 12 bridgehead atoms. The Kier molecular flexibility index (Phi) is 10.4. The SMILES string of the molecule is C1=Cc2nc1c1c3ccc([nH]3)c3c4nc(c5c6ccc([nH]6)c2-c2ccccc2OCCOc2cc(c(cc2OCCOc2ccccc2-1)OCCOc1ccccc1-3)OCCOc1ccccc1-5)C=C4. The molecule has 12 nitrogen and oxygen atoms in total. The molecule has 12 rings (SSSR count). The predicted molar refractivity (Wildman–Crippen MR) is 271 cm³/mol. The average Bonchev–Trinajstić information content (AvgIpc) is 4.25. The molecule has 0 aliphatic carbocycles. The fourth-order valence-corrected chi connectivity index (χ4v) is 9.72. The van der Waals surface area contributed by atoms with E-state index in [1.807, 2.05) is 72.8 Å². The fourth-order valence-electron chi connectivity index (χ4n) is 9.72. The molecule has 0 atom stereocenters. The van der Waals surface area contributed by atoms with Crippen molar-refractivity contribution in [2.45, 2.75) is 0 Å². The zero-order valence-corrected chi connectivity index (χ0v) is 37.8. The van der Waals surface area contributed by atoms with Crippen LogP contribution in [0.25, 0.3) is 90.9 Å². The first-order chi connectivity index (χ1) is 34.7. The molecule has 5 aromatic carbocycles. The summed E-state index contributed by atoms with van der Waals surface area (Å²) >= 11 is 0. The first-order valence-corrected chi connectivity index (χ1v) is 23.4. The molecule has 0 saturated heterocycles. The highest BCUT2D eigenvalue weighted by Crippen LogP contribution is 2.45. The summed E-state index contributed by atoms with van der Waals surface area (Å²) in [6, 6.07) is 44.1. The third kappa shape index (κ3) is 7.50. The van der Waals surface area contributed by atoms with Crippen LogP contribution in [0.15, 0.2) is 133 Å². The van der Waals surface area contributed by atoms with Crippen molar-refractivity contribution in [3.63, 3.8) is 0 Å². The van der Waals surface area contributed by atoms with Gasteiger partial charge in [0.15, 0.2) is 23.0 Å². The van der Waals surface area contributed by atoms with Gasteiger partial charge < -0.3 is 47.9 Å². The summed E-state index contributed by atoms with van der Waals surface area (Å²) in [5, 5.41) is 0. The van der Waals surface area contributed by atoms with Crippen molar-refractivity contribution in [2.75, 3.05) is 52.9 Å². The summed E-state index contributed by atoms with van der Waals surface area (Å²) < 4.78 is 52.8. The number of aromatic nitrogens is 4. The zero-order valence-electron chi connectivity index (χ0n) is 37.8. The van der Waals surface area contributed by atoms with E-state index in [9.17, 15) is 0 Å². The van der Waals surface area contributed by atoms with Gasteiger partial charge in [0, 0.05) is 78.7 Å². The van der Waals surface area contributed by atoms with Crippen LogP contribution in [0.3, 0.4) is 0 Å². The molecular weight excluding hydrogens is 881 g/mol. The van der Waals surface area contributed by atoms with E-state index in [1.165, 1.54) is 0 Å². The van der Waals surface area contributed by atoms with Crippen LogP contribution in [0.5, 0.6) is 46.0 Å². The number of rotatable bonds is 0. The van der Waals surface area contributed by atoms with E-state index in [0.717, 1.165) is 89.4 Å². The molecule has 7 heterocycles. The van der Waals surface area contributed by atoms with Gasteiger partial charge in [-0.3, -0.25) is 0 Å². The molecule has 0 radical (unpaired) electrons. The maximum Gasteiger partial charge on any atom is 0.165 e. The lowest BCUT2D eigenvalue weighted by Crippen LogP contribution is -2.15. The molecule has 0 saturated carbocycles. The fraction of sp³-hybridized carbons (Fsp3) is 0.138. The van der Waals surface area contributed by atoms with Crippen molar-refractivity contribution in [3.05, 3.63) is 156 Å². The van der Waals surface area contributed by atoms with E-state index in [0.29, 0.717) is 46.0 Å². The van der Waals surface area contributed by atoms with Crippen LogP contribution in [-0.4, -0.2) is 72.8 Å². The number of ether oxygens (including phenoxy) is 8. The maximum absolute atomic E-state index is 6.67. The minimum absolute atomic E-state index is 0.185. The number of hydrogen-bond acceptors (Lipinski definition) is 10. The van der Waals surface area contributed by atoms with E-state index in [1.54, 1.807) is 12.1 Å². The van der Waals surface area contributed by atoms with Crippen LogP contribution < -0.4 is 37.9 Å². The zero-order chi connectivity index (χ0) is 46.4. The first-order valence-electron chi connectivity index (χ1n) is 23.4. The maximum atomic E-state index is 6.67. The highest BCUT2D eigenvalue weighted by atomic mass is 16.6. The first kappa shape index (κ1) is 41.3. The minimum Gasteiger partial charge on any atom is -0.489 e. The lowest BCUT2D eigenvalue weighted by molar-refractivity contribution is 0.180. The Labute approximate surface area is 402 Å². The number of fused-ring (bicyclic) bond motifs is 18. The van der Waals surface area contributed by atoms with Gasteiger partial charge in [0.25, 0.3) is 0 Å². The lowest BCUT2D eigenvalue weighted by Gasteiger charge is -2.20. The molecule has 2 N–H and O–H groups in total. The minimum atomic E-state index is 0.185. The molecule has 0 unspecified atom stereocenters. The number of para-hydroxylation sites is 4. The van der Waals surface area contributed by atoms with Gasteiger partial charge in [-0.15, -0.1) is 0 Å². The monoisotopic (exact) mass is 924 g/mol. The smallest absolute Gasteiger partial charge is 0.165 e. The molecule has 0 spiro atoms. The van der Waals surface area contributed by atoms with Crippen LogP contribution in [0, 0.1) is 0 Å². The molecule has 0 amide bonds. The van der Waals surface area contributed by atoms with E-state index < -0.39 is 0 Å². The van der Waals surface area contributed by atoms with Crippen molar-refractivity contribution in [3.8, 4) is 90.5 Å². The molecular formula is C58H44N4O8. The van der Waals surface area contributed by atoms with Gasteiger partial charge in [-0.2, -0.15) is 0 Å². The summed E-state index contributed by atoms with van der Waals surface area (Å²) in [5.41, 5.74) is 13.0. The highest BCUT2D eigenvalue weighted by Gasteiger charge is 2.24. The predicted octanol–water partition coefficient (Wildman–Crippen LogP) is 12.1. The number of benzene rings is 5. The van der Waals surface area contributed by atoms with Crippen LogP contribution in [0.1, 0.15) is 22.8 Å². The van der Waals surface area contributed by atoms with Gasteiger partial charge in [-0.05, 0) is 72.8 Å². The Morgan fingerprint density at radius 3 is 0.757 bits per heavy atom. The average molecular weight is 925 g/mol. The lowest BCUT2D eigenvalue weighted by atomic mass is 10.0. The quantitative estimate of drug-likeness (QED) is 0.152. The molecule has 4 aliphatic heterocycles. The topological polar surface area (TPSA) is 131 Å². The summed E-state index contributed by atoms with van der Waals surface area (Å²) in [7, 11) is 0. The van der Waals surface area contributed by atoms with Gasteiger partial charge in [0.1, 0.15) is 75.9 Å². The number of hydrogen-bond donors (Lipinski definition) is 2. The second-order valence-electron chi connectivity index (χ2n) is 17.0. The van der Waals surface area contributed by atoms with Crippen molar-refractivity contribution in [2.24, 2.45) is 0 Å². The second-order valence-corrected chi connectivity index (χ2v) is 17.0. The van der Waals surface area contributed by atoms with Crippen molar-refractivity contribution in [1.82, 2.24) is 19.9 Å². The van der Waals surface area contributed by atoms with E-state index in [4.69, 9.17) is 47.9 Å². The van der Waals surface area contributed by atoms with Gasteiger partial charge in [0.2, 0.25) is 0 Å². The van der Waals surface area contributed by atoms with Crippen LogP contribution in [0.4, 0.5) is 0 Å². The molecule has 4 aliphatic rings. The largest absolute Gasteiger partial charge is 0.489 e. The molecule has 70 heavy (non-hydrogen) atoms.